The number of allylic oxidation sites excluding steroid dienone is 1. The van der Waals surface area contributed by atoms with Gasteiger partial charge in [0.25, 0.3) is 0 Å². The van der Waals surface area contributed by atoms with Gasteiger partial charge in [0.15, 0.2) is 5.78 Å². The van der Waals surface area contributed by atoms with Gasteiger partial charge in [-0.05, 0) is 66.9 Å². The number of hydrogen-bond acceptors (Lipinski definition) is 2. The Kier molecular flexibility index (Phi) is 4.53. The first kappa shape index (κ1) is 18.9. The quantitative estimate of drug-likeness (QED) is 0.409. The molecule has 0 saturated heterocycles. The second-order valence-electron chi connectivity index (χ2n) is 9.15. The monoisotopic (exact) mass is 534 g/mol. The van der Waals surface area contributed by atoms with Crippen molar-refractivity contribution >= 4 is 59.4 Å². The van der Waals surface area contributed by atoms with E-state index in [1.54, 1.807) is 0 Å². The van der Waals surface area contributed by atoms with E-state index in [4.69, 9.17) is 0 Å². The molecule has 0 bridgehead atoms. The van der Waals surface area contributed by atoms with Gasteiger partial charge in [-0.1, -0.05) is 61.6 Å². The van der Waals surface area contributed by atoms with Crippen molar-refractivity contribution in [3.63, 3.8) is 0 Å². The van der Waals surface area contributed by atoms with E-state index >= 15 is 0 Å². The summed E-state index contributed by atoms with van der Waals surface area (Å²) in [6.45, 7) is 4.59. The van der Waals surface area contributed by atoms with Gasteiger partial charge >= 0.3 is 0 Å². The molecule has 2 nitrogen and oxygen atoms in total. The highest BCUT2D eigenvalue weighted by atomic mass is 79.9. The molecule has 0 aromatic heterocycles. The molecule has 7 atom stereocenters. The van der Waals surface area contributed by atoms with E-state index in [-0.39, 0.29) is 25.8 Å². The zero-order valence-electron chi connectivity index (χ0n) is 14.8. The van der Waals surface area contributed by atoms with E-state index in [0.717, 1.165) is 43.9 Å². The highest BCUT2D eigenvalue weighted by Gasteiger charge is 2.63. The van der Waals surface area contributed by atoms with Crippen molar-refractivity contribution in [2.24, 2.45) is 28.6 Å². The van der Waals surface area contributed by atoms with Gasteiger partial charge < -0.3 is 0 Å². The molecule has 0 aromatic rings. The van der Waals surface area contributed by atoms with Crippen LogP contribution in [0.25, 0.3) is 0 Å². The molecular formula is C20H25Br3O2. The topological polar surface area (TPSA) is 34.1 Å². The van der Waals surface area contributed by atoms with Crippen molar-refractivity contribution in [2.45, 2.75) is 61.5 Å². The van der Waals surface area contributed by atoms with Crippen molar-refractivity contribution in [2.75, 3.05) is 5.33 Å². The highest BCUT2D eigenvalue weighted by molar-refractivity contribution is 9.12. The Bertz CT molecular complexity index is 674. The lowest BCUT2D eigenvalue weighted by Gasteiger charge is -2.61. The van der Waals surface area contributed by atoms with Gasteiger partial charge in [0.2, 0.25) is 0 Å². The molecule has 4 rings (SSSR count). The Labute approximate surface area is 175 Å². The van der Waals surface area contributed by atoms with Crippen LogP contribution < -0.4 is 0 Å². The summed E-state index contributed by atoms with van der Waals surface area (Å²) in [6.07, 6.45) is 7.75. The summed E-state index contributed by atoms with van der Waals surface area (Å²) < 4.78 is -0.171. The number of ketones is 2. The second kappa shape index (κ2) is 6.01. The maximum Gasteiger partial charge on any atom is 0.169 e. The van der Waals surface area contributed by atoms with Crippen LogP contribution in [0.4, 0.5) is 0 Å². The molecule has 0 spiro atoms. The van der Waals surface area contributed by atoms with Crippen LogP contribution in [-0.4, -0.2) is 26.0 Å². The SMILES string of the molecule is C[C@]12CC(Br)C(=O)C=C1[C@](Br)(CBr)C[C@@H]1[C@@H]2CC[C@]2(C)C(=O)CC[C@@H]12. The molecule has 0 aromatic carbocycles. The summed E-state index contributed by atoms with van der Waals surface area (Å²) in [6, 6.07) is 0. The number of fused-ring (bicyclic) bond motifs is 5. The number of Topliss-reactive ketones (excluding diaryl/α,β-unsaturated/α-hetero) is 1. The molecule has 0 heterocycles. The fourth-order valence-electron chi connectivity index (χ4n) is 6.72. The predicted molar refractivity (Wildman–Crippen MR) is 111 cm³/mol. The molecule has 1 unspecified atom stereocenters. The van der Waals surface area contributed by atoms with Crippen LogP contribution >= 0.6 is 47.8 Å². The number of rotatable bonds is 1. The average Bonchev–Trinajstić information content (AvgIpc) is 2.86. The lowest BCUT2D eigenvalue weighted by molar-refractivity contribution is -0.132. The van der Waals surface area contributed by atoms with E-state index in [0.29, 0.717) is 23.5 Å². The van der Waals surface area contributed by atoms with Crippen LogP contribution in [0.1, 0.15) is 52.4 Å². The highest BCUT2D eigenvalue weighted by Crippen LogP contribution is 2.68. The molecule has 4 aliphatic rings. The summed E-state index contributed by atoms with van der Waals surface area (Å²) in [7, 11) is 0. The Morgan fingerprint density at radius 2 is 1.80 bits per heavy atom. The minimum atomic E-state index is -0.171. The van der Waals surface area contributed by atoms with Crippen molar-refractivity contribution in [3.8, 4) is 0 Å². The van der Waals surface area contributed by atoms with Crippen LogP contribution in [-0.2, 0) is 9.59 Å². The summed E-state index contributed by atoms with van der Waals surface area (Å²) in [5.41, 5.74) is 1.19. The molecule has 0 aliphatic heterocycles. The largest absolute Gasteiger partial charge is 0.299 e. The minimum Gasteiger partial charge on any atom is -0.299 e. The first-order valence-electron chi connectivity index (χ1n) is 9.34. The Balaban J connectivity index is 1.82. The number of halogens is 3. The third-order valence-electron chi connectivity index (χ3n) is 8.03. The van der Waals surface area contributed by atoms with Crippen molar-refractivity contribution < 1.29 is 9.59 Å². The van der Waals surface area contributed by atoms with Crippen LogP contribution in [0.2, 0.25) is 0 Å². The molecular weight excluding hydrogens is 512 g/mol. The summed E-state index contributed by atoms with van der Waals surface area (Å²) in [5.74, 6) is 2.31. The minimum absolute atomic E-state index is 0.0230. The first-order chi connectivity index (χ1) is 11.7. The summed E-state index contributed by atoms with van der Waals surface area (Å²) >= 11 is 11.4. The van der Waals surface area contributed by atoms with Crippen molar-refractivity contribution in [1.29, 1.82) is 0 Å². The van der Waals surface area contributed by atoms with Crippen LogP contribution in [0.3, 0.4) is 0 Å². The molecule has 138 valence electrons. The van der Waals surface area contributed by atoms with Crippen molar-refractivity contribution in [3.05, 3.63) is 11.6 Å². The number of alkyl halides is 3. The molecule has 0 amide bonds. The predicted octanol–water partition coefficient (Wildman–Crippen LogP) is 5.60. The zero-order chi connectivity index (χ0) is 18.2. The smallest absolute Gasteiger partial charge is 0.169 e. The second-order valence-corrected chi connectivity index (χ2v) is 12.3. The number of hydrogen-bond donors (Lipinski definition) is 0. The van der Waals surface area contributed by atoms with Crippen LogP contribution in [0, 0.1) is 28.6 Å². The first-order valence-corrected chi connectivity index (χ1v) is 12.2. The van der Waals surface area contributed by atoms with Gasteiger partial charge in [-0.25, -0.2) is 0 Å². The maximum atomic E-state index is 12.6. The lowest BCUT2D eigenvalue weighted by Crippen LogP contribution is -2.58. The van der Waals surface area contributed by atoms with Crippen LogP contribution in [0.5, 0.6) is 0 Å². The van der Waals surface area contributed by atoms with E-state index in [1.807, 2.05) is 6.08 Å². The molecule has 0 radical (unpaired) electrons. The molecule has 5 heteroatoms. The van der Waals surface area contributed by atoms with Crippen molar-refractivity contribution in [1.82, 2.24) is 0 Å². The fourth-order valence-corrected chi connectivity index (χ4v) is 8.99. The van der Waals surface area contributed by atoms with Gasteiger partial charge in [0.05, 0.1) is 9.15 Å². The zero-order valence-corrected chi connectivity index (χ0v) is 19.5. The van der Waals surface area contributed by atoms with Gasteiger partial charge in [-0.3, -0.25) is 9.59 Å². The van der Waals surface area contributed by atoms with Gasteiger partial charge in [0, 0.05) is 17.2 Å². The summed E-state index contributed by atoms with van der Waals surface area (Å²) in [4.78, 5) is 25.0. The molecule has 3 saturated carbocycles. The number of carbonyl (C=O) groups is 2. The Morgan fingerprint density at radius 1 is 1.12 bits per heavy atom. The third kappa shape index (κ3) is 2.50. The molecule has 0 N–H and O–H groups in total. The lowest BCUT2D eigenvalue weighted by atomic mass is 9.45. The van der Waals surface area contributed by atoms with Crippen LogP contribution in [0.15, 0.2) is 11.6 Å². The molecule has 3 fully saturated rings. The standard InChI is InChI=1S/C20H25Br3O2/c1-18-6-5-13-11(12(18)3-4-17(18)25)8-20(23,10-21)16-7-15(24)14(22)9-19(13,16)2/h7,11-14H,3-6,8-10H2,1-2H3/t11-,12-,13-,14?,18-,19+,20+/m0/s1. The average molecular weight is 537 g/mol. The Hall–Kier alpha value is 0.520. The third-order valence-corrected chi connectivity index (χ3v) is 11.5. The van der Waals surface area contributed by atoms with Gasteiger partial charge in [-0.15, -0.1) is 0 Å². The normalized spacial score (nSPS) is 52.3. The Morgan fingerprint density at radius 3 is 2.48 bits per heavy atom. The summed E-state index contributed by atoms with van der Waals surface area (Å²) in [5, 5.41) is 0.808. The maximum absolute atomic E-state index is 12.6. The van der Waals surface area contributed by atoms with E-state index in [2.05, 4.69) is 61.6 Å². The van der Waals surface area contributed by atoms with E-state index in [1.165, 1.54) is 5.57 Å². The van der Waals surface area contributed by atoms with Gasteiger partial charge in [0.1, 0.15) is 5.78 Å². The molecule has 4 aliphatic carbocycles. The van der Waals surface area contributed by atoms with E-state index in [9.17, 15) is 9.59 Å². The fraction of sp³-hybridized carbons (Fsp3) is 0.800. The number of carbonyl (C=O) groups excluding carboxylic acids is 2. The van der Waals surface area contributed by atoms with E-state index < -0.39 is 0 Å². The molecule has 25 heavy (non-hydrogen) atoms. The van der Waals surface area contributed by atoms with Gasteiger partial charge in [-0.2, -0.15) is 0 Å².